The summed E-state index contributed by atoms with van der Waals surface area (Å²) in [6, 6.07) is 3.91. The zero-order chi connectivity index (χ0) is 12.4. The third-order valence-electron chi connectivity index (χ3n) is 3.28. The van der Waals surface area contributed by atoms with Crippen LogP contribution in [0.25, 0.3) is 0 Å². The Morgan fingerprint density at radius 3 is 2.88 bits per heavy atom. The fraction of sp³-hybridized carbons (Fsp3) is 0.538. The maximum atomic E-state index is 13.4. The van der Waals surface area contributed by atoms with Crippen molar-refractivity contribution in [2.45, 2.75) is 19.4 Å². The predicted molar refractivity (Wildman–Crippen MR) is 61.5 cm³/mol. The standard InChI is InChI=1S/C13H17F2NO/c1-9-5-6-16(7-9)8-12(17)10-3-2-4-11(14)13(10)15/h2-4,9,12,17H,5-8H2,1H3. The minimum Gasteiger partial charge on any atom is -0.387 e. The van der Waals surface area contributed by atoms with Crippen molar-refractivity contribution in [3.63, 3.8) is 0 Å². The highest BCUT2D eigenvalue weighted by Crippen LogP contribution is 2.23. The van der Waals surface area contributed by atoms with Crippen LogP contribution in [-0.2, 0) is 0 Å². The topological polar surface area (TPSA) is 23.5 Å². The largest absolute Gasteiger partial charge is 0.387 e. The second kappa shape index (κ2) is 5.10. The zero-order valence-electron chi connectivity index (χ0n) is 9.87. The van der Waals surface area contributed by atoms with Crippen LogP contribution < -0.4 is 0 Å². The van der Waals surface area contributed by atoms with Gasteiger partial charge in [0.15, 0.2) is 11.6 Å². The van der Waals surface area contributed by atoms with Gasteiger partial charge in [-0.1, -0.05) is 19.1 Å². The van der Waals surface area contributed by atoms with Gasteiger partial charge < -0.3 is 10.0 Å². The van der Waals surface area contributed by atoms with Gasteiger partial charge in [0, 0.05) is 18.7 Å². The van der Waals surface area contributed by atoms with E-state index in [1.54, 1.807) is 0 Å². The van der Waals surface area contributed by atoms with Gasteiger partial charge >= 0.3 is 0 Å². The van der Waals surface area contributed by atoms with E-state index < -0.39 is 17.7 Å². The Morgan fingerprint density at radius 1 is 1.47 bits per heavy atom. The first kappa shape index (κ1) is 12.5. The number of aliphatic hydroxyl groups excluding tert-OH is 1. The van der Waals surface area contributed by atoms with Crippen LogP contribution in [0.5, 0.6) is 0 Å². The van der Waals surface area contributed by atoms with Crippen LogP contribution >= 0.6 is 0 Å². The zero-order valence-corrected chi connectivity index (χ0v) is 9.87. The average Bonchev–Trinajstić information content (AvgIpc) is 2.68. The Balaban J connectivity index is 2.04. The number of benzene rings is 1. The Kier molecular flexibility index (Phi) is 3.74. The summed E-state index contributed by atoms with van der Waals surface area (Å²) in [5, 5.41) is 9.92. The number of β-amino-alcohol motifs (C(OH)–C–C–N with tert-alkyl or cyclic N) is 1. The van der Waals surface area contributed by atoms with Crippen molar-refractivity contribution in [2.24, 2.45) is 5.92 Å². The fourth-order valence-electron chi connectivity index (χ4n) is 2.31. The van der Waals surface area contributed by atoms with Gasteiger partial charge in [-0.05, 0) is 24.9 Å². The number of aliphatic hydroxyl groups is 1. The van der Waals surface area contributed by atoms with E-state index >= 15 is 0 Å². The van der Waals surface area contributed by atoms with Crippen molar-refractivity contribution in [3.8, 4) is 0 Å². The quantitative estimate of drug-likeness (QED) is 0.878. The summed E-state index contributed by atoms with van der Waals surface area (Å²) in [5.74, 6) is -1.23. The monoisotopic (exact) mass is 241 g/mol. The van der Waals surface area contributed by atoms with Crippen molar-refractivity contribution >= 4 is 0 Å². The van der Waals surface area contributed by atoms with Crippen molar-refractivity contribution in [3.05, 3.63) is 35.4 Å². The van der Waals surface area contributed by atoms with Crippen molar-refractivity contribution < 1.29 is 13.9 Å². The number of hydrogen-bond acceptors (Lipinski definition) is 2. The smallest absolute Gasteiger partial charge is 0.164 e. The van der Waals surface area contributed by atoms with Crippen molar-refractivity contribution in [1.82, 2.24) is 4.90 Å². The minimum atomic E-state index is -0.962. The molecule has 4 heteroatoms. The summed E-state index contributed by atoms with van der Waals surface area (Å²) >= 11 is 0. The Morgan fingerprint density at radius 2 is 2.24 bits per heavy atom. The summed E-state index contributed by atoms with van der Waals surface area (Å²) in [4.78, 5) is 2.08. The van der Waals surface area contributed by atoms with E-state index in [9.17, 15) is 13.9 Å². The number of nitrogens with zero attached hydrogens (tertiary/aromatic N) is 1. The first-order valence-electron chi connectivity index (χ1n) is 5.92. The van der Waals surface area contributed by atoms with Gasteiger partial charge in [-0.3, -0.25) is 0 Å². The molecule has 1 N–H and O–H groups in total. The first-order valence-corrected chi connectivity index (χ1v) is 5.92. The SMILES string of the molecule is CC1CCN(CC(O)c2cccc(F)c2F)C1. The summed E-state index contributed by atoms with van der Waals surface area (Å²) < 4.78 is 26.5. The van der Waals surface area contributed by atoms with Crippen LogP contribution in [0, 0.1) is 17.6 Å². The van der Waals surface area contributed by atoms with Gasteiger partial charge in [-0.25, -0.2) is 8.78 Å². The van der Waals surface area contributed by atoms with Gasteiger partial charge in [0.25, 0.3) is 0 Å². The van der Waals surface area contributed by atoms with Gasteiger partial charge in [0.2, 0.25) is 0 Å². The van der Waals surface area contributed by atoms with Crippen molar-refractivity contribution in [1.29, 1.82) is 0 Å². The molecular formula is C13H17F2NO. The summed E-state index contributed by atoms with van der Waals surface area (Å²) in [5.41, 5.74) is 0.0459. The highest BCUT2D eigenvalue weighted by molar-refractivity contribution is 5.21. The molecule has 1 heterocycles. The van der Waals surface area contributed by atoms with E-state index in [4.69, 9.17) is 0 Å². The molecule has 1 saturated heterocycles. The molecule has 2 unspecified atom stereocenters. The lowest BCUT2D eigenvalue weighted by molar-refractivity contribution is 0.120. The van der Waals surface area contributed by atoms with Crippen molar-refractivity contribution in [2.75, 3.05) is 19.6 Å². The van der Waals surface area contributed by atoms with Gasteiger partial charge in [0.1, 0.15) is 0 Å². The van der Waals surface area contributed by atoms with E-state index in [1.807, 2.05) is 0 Å². The maximum absolute atomic E-state index is 13.4. The summed E-state index contributed by atoms with van der Waals surface area (Å²) in [7, 11) is 0. The molecule has 17 heavy (non-hydrogen) atoms. The molecular weight excluding hydrogens is 224 g/mol. The fourth-order valence-corrected chi connectivity index (χ4v) is 2.31. The molecule has 94 valence electrons. The molecule has 0 aliphatic carbocycles. The number of likely N-dealkylation sites (tertiary alicyclic amines) is 1. The molecule has 0 radical (unpaired) electrons. The number of halogens is 2. The third kappa shape index (κ3) is 2.82. The average molecular weight is 241 g/mol. The van der Waals surface area contributed by atoms with Crippen LogP contribution in [0.2, 0.25) is 0 Å². The molecule has 1 aliphatic rings. The Labute approximate surface area is 99.9 Å². The normalized spacial score (nSPS) is 22.9. The van der Waals surface area contributed by atoms with Crippen LogP contribution in [0.1, 0.15) is 25.0 Å². The minimum absolute atomic E-state index is 0.0459. The molecule has 2 rings (SSSR count). The Bertz CT molecular complexity index is 397. The van der Waals surface area contributed by atoms with Crippen LogP contribution in [0.4, 0.5) is 8.78 Å². The Hall–Kier alpha value is -1.00. The second-order valence-electron chi connectivity index (χ2n) is 4.81. The van der Waals surface area contributed by atoms with E-state index in [-0.39, 0.29) is 5.56 Å². The molecule has 1 fully saturated rings. The van der Waals surface area contributed by atoms with Gasteiger partial charge in [0.05, 0.1) is 6.10 Å². The molecule has 2 nitrogen and oxygen atoms in total. The lowest BCUT2D eigenvalue weighted by Crippen LogP contribution is -2.26. The van der Waals surface area contributed by atoms with E-state index in [0.29, 0.717) is 12.5 Å². The molecule has 0 saturated carbocycles. The molecule has 0 aromatic heterocycles. The first-order chi connectivity index (χ1) is 8.08. The van der Waals surface area contributed by atoms with Crippen LogP contribution in [0.15, 0.2) is 18.2 Å². The molecule has 2 atom stereocenters. The van der Waals surface area contributed by atoms with E-state index in [2.05, 4.69) is 11.8 Å². The van der Waals surface area contributed by atoms with Crippen LogP contribution in [0.3, 0.4) is 0 Å². The highest BCUT2D eigenvalue weighted by atomic mass is 19.2. The third-order valence-corrected chi connectivity index (χ3v) is 3.28. The molecule has 0 spiro atoms. The van der Waals surface area contributed by atoms with Crippen LogP contribution in [-0.4, -0.2) is 29.6 Å². The number of rotatable bonds is 3. The maximum Gasteiger partial charge on any atom is 0.164 e. The molecule has 0 bridgehead atoms. The number of hydrogen-bond donors (Lipinski definition) is 1. The predicted octanol–water partition coefficient (Wildman–Crippen LogP) is 2.34. The lowest BCUT2D eigenvalue weighted by atomic mass is 10.1. The molecule has 1 aromatic rings. The summed E-state index contributed by atoms with van der Waals surface area (Å²) in [6.45, 7) is 4.34. The highest BCUT2D eigenvalue weighted by Gasteiger charge is 2.23. The van der Waals surface area contributed by atoms with Gasteiger partial charge in [-0.2, -0.15) is 0 Å². The second-order valence-corrected chi connectivity index (χ2v) is 4.81. The van der Waals surface area contributed by atoms with Gasteiger partial charge in [-0.15, -0.1) is 0 Å². The molecule has 1 aromatic carbocycles. The molecule has 0 amide bonds. The summed E-state index contributed by atoms with van der Waals surface area (Å²) in [6.07, 6.45) is 0.134. The lowest BCUT2D eigenvalue weighted by Gasteiger charge is -2.20. The van der Waals surface area contributed by atoms with E-state index in [1.165, 1.54) is 12.1 Å². The van der Waals surface area contributed by atoms with E-state index in [0.717, 1.165) is 25.6 Å². The molecule has 1 aliphatic heterocycles.